The zero-order valence-corrected chi connectivity index (χ0v) is 16.2. The Morgan fingerprint density at radius 2 is 1.89 bits per heavy atom. The van der Waals surface area contributed by atoms with E-state index in [0.717, 1.165) is 24.4 Å². The third-order valence-electron chi connectivity index (χ3n) is 4.77. The van der Waals surface area contributed by atoms with Gasteiger partial charge in [0.25, 0.3) is 5.56 Å². The molecule has 2 aromatic heterocycles. The van der Waals surface area contributed by atoms with Gasteiger partial charge in [0, 0.05) is 28.9 Å². The molecule has 0 fully saturated rings. The molecule has 0 saturated heterocycles. The second-order valence-electron chi connectivity index (χ2n) is 6.74. The molecule has 146 valence electrons. The predicted molar refractivity (Wildman–Crippen MR) is 106 cm³/mol. The molecule has 0 aliphatic carbocycles. The van der Waals surface area contributed by atoms with E-state index in [4.69, 9.17) is 4.74 Å². The summed E-state index contributed by atoms with van der Waals surface area (Å²) in [6.45, 7) is 6.45. The van der Waals surface area contributed by atoms with Gasteiger partial charge in [0.05, 0.1) is 17.5 Å². The highest BCUT2D eigenvalue weighted by Gasteiger charge is 2.18. The standard InChI is InChI=1S/C21H23N3O4/c1-4-9-24-13(2)10-17(14(24)3)19(25)12-28-20(26)11-18-15-7-5-6-8-16(15)21(27)23-22-18/h5-8,10H,4,9,11-12H2,1-3H3,(H,23,27). The van der Waals surface area contributed by atoms with Crippen LogP contribution in [-0.4, -0.2) is 33.1 Å². The van der Waals surface area contributed by atoms with Gasteiger partial charge in [-0.25, -0.2) is 5.10 Å². The third kappa shape index (κ3) is 3.88. The van der Waals surface area contributed by atoms with Crippen molar-refractivity contribution >= 4 is 22.5 Å². The molecule has 3 aromatic rings. The molecular weight excluding hydrogens is 358 g/mol. The Morgan fingerprint density at radius 3 is 2.61 bits per heavy atom. The SMILES string of the molecule is CCCn1c(C)cc(C(=O)COC(=O)Cc2n[nH]c(=O)c3ccccc23)c1C. The zero-order valence-electron chi connectivity index (χ0n) is 16.2. The maximum absolute atomic E-state index is 12.5. The first-order valence-electron chi connectivity index (χ1n) is 9.24. The van der Waals surface area contributed by atoms with Crippen LogP contribution in [-0.2, 0) is 22.5 Å². The summed E-state index contributed by atoms with van der Waals surface area (Å²) in [5, 5.41) is 7.39. The number of Topliss-reactive ketones (excluding diaryl/α,β-unsaturated/α-hetero) is 1. The first-order chi connectivity index (χ1) is 13.4. The molecule has 0 bridgehead atoms. The highest BCUT2D eigenvalue weighted by Crippen LogP contribution is 2.17. The number of fused-ring (bicyclic) bond motifs is 1. The number of H-pyrrole nitrogens is 1. The van der Waals surface area contributed by atoms with Gasteiger partial charge in [0.1, 0.15) is 0 Å². The van der Waals surface area contributed by atoms with Crippen molar-refractivity contribution in [3.05, 3.63) is 63.3 Å². The molecule has 7 nitrogen and oxygen atoms in total. The Hall–Kier alpha value is -3.22. The van der Waals surface area contributed by atoms with Gasteiger partial charge in [-0.15, -0.1) is 0 Å². The number of benzene rings is 1. The van der Waals surface area contributed by atoms with Crippen molar-refractivity contribution in [2.75, 3.05) is 6.61 Å². The summed E-state index contributed by atoms with van der Waals surface area (Å²) in [5.41, 5.74) is 2.57. The predicted octanol–water partition coefficient (Wildman–Crippen LogP) is 2.72. The molecule has 2 heterocycles. The third-order valence-corrected chi connectivity index (χ3v) is 4.77. The zero-order chi connectivity index (χ0) is 20.3. The van der Waals surface area contributed by atoms with E-state index in [9.17, 15) is 14.4 Å². The minimum absolute atomic E-state index is 0.126. The van der Waals surface area contributed by atoms with E-state index in [0.29, 0.717) is 22.0 Å². The summed E-state index contributed by atoms with van der Waals surface area (Å²) in [6.07, 6.45) is 0.846. The highest BCUT2D eigenvalue weighted by atomic mass is 16.5. The number of esters is 1. The van der Waals surface area contributed by atoms with E-state index in [1.54, 1.807) is 24.3 Å². The van der Waals surface area contributed by atoms with E-state index in [2.05, 4.69) is 21.7 Å². The highest BCUT2D eigenvalue weighted by molar-refractivity contribution is 5.99. The Morgan fingerprint density at radius 1 is 1.18 bits per heavy atom. The Kier molecular flexibility index (Phi) is 5.73. The minimum atomic E-state index is -0.569. The summed E-state index contributed by atoms with van der Waals surface area (Å²) >= 11 is 0. The molecule has 1 N–H and O–H groups in total. The molecule has 0 aliphatic heterocycles. The lowest BCUT2D eigenvalue weighted by Gasteiger charge is -2.08. The van der Waals surface area contributed by atoms with Gasteiger partial charge in [-0.1, -0.05) is 25.1 Å². The lowest BCUT2D eigenvalue weighted by atomic mass is 10.1. The molecule has 0 unspecified atom stereocenters. The van der Waals surface area contributed by atoms with E-state index < -0.39 is 5.97 Å². The number of carbonyl (C=O) groups is 2. The second-order valence-corrected chi connectivity index (χ2v) is 6.74. The van der Waals surface area contributed by atoms with Crippen molar-refractivity contribution in [3.8, 4) is 0 Å². The van der Waals surface area contributed by atoms with Crippen LogP contribution in [0.15, 0.2) is 35.1 Å². The van der Waals surface area contributed by atoms with Crippen molar-refractivity contribution in [1.82, 2.24) is 14.8 Å². The van der Waals surface area contributed by atoms with Crippen molar-refractivity contribution in [3.63, 3.8) is 0 Å². The molecule has 28 heavy (non-hydrogen) atoms. The number of aryl methyl sites for hydroxylation is 1. The molecule has 7 heteroatoms. The van der Waals surface area contributed by atoms with E-state index >= 15 is 0 Å². The minimum Gasteiger partial charge on any atom is -0.457 e. The fraction of sp³-hybridized carbons (Fsp3) is 0.333. The van der Waals surface area contributed by atoms with Crippen molar-refractivity contribution in [2.45, 2.75) is 40.2 Å². The molecule has 0 amide bonds. The summed E-state index contributed by atoms with van der Waals surface area (Å²) in [4.78, 5) is 36.5. The quantitative estimate of drug-likeness (QED) is 0.502. The number of aromatic nitrogens is 3. The Balaban J connectivity index is 1.69. The first kappa shape index (κ1) is 19.5. The van der Waals surface area contributed by atoms with Crippen LogP contribution >= 0.6 is 0 Å². The van der Waals surface area contributed by atoms with E-state index in [-0.39, 0.29) is 24.4 Å². The molecule has 0 saturated carbocycles. The lowest BCUT2D eigenvalue weighted by Crippen LogP contribution is -2.18. The van der Waals surface area contributed by atoms with E-state index in [1.807, 2.05) is 19.9 Å². The van der Waals surface area contributed by atoms with Crippen molar-refractivity contribution in [1.29, 1.82) is 0 Å². The summed E-state index contributed by atoms with van der Waals surface area (Å²) in [5.74, 6) is -0.802. The second kappa shape index (κ2) is 8.21. The summed E-state index contributed by atoms with van der Waals surface area (Å²) < 4.78 is 7.26. The normalized spacial score (nSPS) is 11.0. The number of carbonyl (C=O) groups excluding carboxylic acids is 2. The number of rotatable bonds is 7. The number of hydrogen-bond acceptors (Lipinski definition) is 5. The van der Waals surface area contributed by atoms with Crippen molar-refractivity contribution < 1.29 is 14.3 Å². The van der Waals surface area contributed by atoms with Gasteiger partial charge in [-0.05, 0) is 32.4 Å². The van der Waals surface area contributed by atoms with Gasteiger partial charge in [0.15, 0.2) is 6.61 Å². The van der Waals surface area contributed by atoms with Crippen LogP contribution in [0.25, 0.3) is 10.8 Å². The van der Waals surface area contributed by atoms with Crippen LogP contribution < -0.4 is 5.56 Å². The largest absolute Gasteiger partial charge is 0.457 e. The number of aromatic amines is 1. The maximum Gasteiger partial charge on any atom is 0.312 e. The lowest BCUT2D eigenvalue weighted by molar-refractivity contribution is -0.141. The molecule has 0 spiro atoms. The van der Waals surface area contributed by atoms with Gasteiger partial charge >= 0.3 is 5.97 Å². The number of nitrogens with zero attached hydrogens (tertiary/aromatic N) is 2. The average molecular weight is 381 g/mol. The maximum atomic E-state index is 12.5. The molecule has 0 radical (unpaired) electrons. The Labute approximate surface area is 162 Å². The van der Waals surface area contributed by atoms with Crippen LogP contribution in [0, 0.1) is 13.8 Å². The number of ketones is 1. The first-order valence-corrected chi connectivity index (χ1v) is 9.24. The molecule has 0 atom stereocenters. The van der Waals surface area contributed by atoms with Crippen LogP contribution in [0.5, 0.6) is 0 Å². The fourth-order valence-electron chi connectivity index (χ4n) is 3.37. The van der Waals surface area contributed by atoms with Crippen LogP contribution in [0.1, 0.15) is 40.8 Å². The monoisotopic (exact) mass is 381 g/mol. The fourth-order valence-corrected chi connectivity index (χ4v) is 3.37. The van der Waals surface area contributed by atoms with Gasteiger partial charge in [0.2, 0.25) is 5.78 Å². The topological polar surface area (TPSA) is 94.0 Å². The summed E-state index contributed by atoms with van der Waals surface area (Å²) in [7, 11) is 0. The van der Waals surface area contributed by atoms with Gasteiger partial charge < -0.3 is 9.30 Å². The van der Waals surface area contributed by atoms with Crippen molar-refractivity contribution in [2.24, 2.45) is 0 Å². The van der Waals surface area contributed by atoms with Crippen LogP contribution in [0.4, 0.5) is 0 Å². The molecular formula is C21H23N3O4. The molecule has 0 aliphatic rings. The molecule has 3 rings (SSSR count). The van der Waals surface area contributed by atoms with Gasteiger partial charge in [-0.2, -0.15) is 5.10 Å². The Bertz CT molecular complexity index is 1090. The van der Waals surface area contributed by atoms with Gasteiger partial charge in [-0.3, -0.25) is 14.4 Å². The number of hydrogen-bond donors (Lipinski definition) is 1. The number of ether oxygens (including phenoxy) is 1. The number of nitrogens with one attached hydrogen (secondary N) is 1. The smallest absolute Gasteiger partial charge is 0.312 e. The summed E-state index contributed by atoms with van der Waals surface area (Å²) in [6, 6.07) is 8.74. The van der Waals surface area contributed by atoms with Crippen LogP contribution in [0.2, 0.25) is 0 Å². The molecule has 1 aromatic carbocycles. The average Bonchev–Trinajstić information content (AvgIpc) is 2.97. The van der Waals surface area contributed by atoms with Crippen LogP contribution in [0.3, 0.4) is 0 Å². The van der Waals surface area contributed by atoms with E-state index in [1.165, 1.54) is 0 Å².